The maximum Gasteiger partial charge on any atom is 0.263 e. The Labute approximate surface area is 154 Å². The van der Waals surface area contributed by atoms with Crippen molar-refractivity contribution in [1.82, 2.24) is 10.3 Å². The number of aromatic nitrogens is 1. The zero-order valence-corrected chi connectivity index (χ0v) is 15.4. The van der Waals surface area contributed by atoms with Gasteiger partial charge >= 0.3 is 0 Å². The average molecular weight is 369 g/mol. The lowest BCUT2D eigenvalue weighted by Gasteiger charge is -2.09. The number of nitrogens with zero attached hydrogens (tertiary/aromatic N) is 1. The number of nitrogens with two attached hydrogens (primary N) is 1. The second-order valence-electron chi connectivity index (χ2n) is 6.21. The zero-order chi connectivity index (χ0) is 18.3. The lowest BCUT2D eigenvalue weighted by atomic mass is 10.1. The van der Waals surface area contributed by atoms with Crippen LogP contribution in [0.2, 0.25) is 0 Å². The minimum absolute atomic E-state index is 0.110. The number of anilines is 1. The van der Waals surface area contributed by atoms with Gasteiger partial charge in [0.25, 0.3) is 5.91 Å². The molecule has 2 aromatic heterocycles. The molecule has 0 radical (unpaired) electrons. The first-order valence-electron chi connectivity index (χ1n) is 8.33. The normalized spacial score (nSPS) is 13.6. The molecule has 1 saturated carbocycles. The summed E-state index contributed by atoms with van der Waals surface area (Å²) in [5.74, 6) is 1.19. The molecule has 3 aromatic rings. The molecule has 1 amide bonds. The molecule has 1 fully saturated rings. The van der Waals surface area contributed by atoms with Crippen LogP contribution in [0.3, 0.4) is 0 Å². The summed E-state index contributed by atoms with van der Waals surface area (Å²) in [7, 11) is 3.20. The third-order valence-electron chi connectivity index (χ3n) is 4.39. The molecule has 0 atom stereocenters. The van der Waals surface area contributed by atoms with Gasteiger partial charge in [-0.05, 0) is 43.2 Å². The Morgan fingerprint density at radius 2 is 1.96 bits per heavy atom. The van der Waals surface area contributed by atoms with Crippen LogP contribution >= 0.6 is 11.3 Å². The maximum absolute atomic E-state index is 12.4. The van der Waals surface area contributed by atoms with E-state index in [2.05, 4.69) is 5.32 Å². The minimum Gasteiger partial charge on any atom is -0.493 e. The summed E-state index contributed by atoms with van der Waals surface area (Å²) in [6.07, 6.45) is 2.08. The van der Waals surface area contributed by atoms with E-state index < -0.39 is 0 Å². The molecule has 0 spiro atoms. The van der Waals surface area contributed by atoms with E-state index in [-0.39, 0.29) is 5.91 Å². The largest absolute Gasteiger partial charge is 0.493 e. The van der Waals surface area contributed by atoms with E-state index in [1.807, 2.05) is 30.3 Å². The van der Waals surface area contributed by atoms with E-state index in [0.29, 0.717) is 28.1 Å². The van der Waals surface area contributed by atoms with Gasteiger partial charge in [0, 0.05) is 17.0 Å². The van der Waals surface area contributed by atoms with Crippen LogP contribution in [0.4, 0.5) is 5.69 Å². The summed E-state index contributed by atoms with van der Waals surface area (Å²) >= 11 is 1.32. The fourth-order valence-electron chi connectivity index (χ4n) is 2.80. The summed E-state index contributed by atoms with van der Waals surface area (Å²) in [6.45, 7) is 0. The van der Waals surface area contributed by atoms with E-state index in [4.69, 9.17) is 20.2 Å². The highest BCUT2D eigenvalue weighted by Crippen LogP contribution is 2.36. The summed E-state index contributed by atoms with van der Waals surface area (Å²) in [4.78, 5) is 18.3. The molecule has 0 bridgehead atoms. The predicted octanol–water partition coefficient (Wildman–Crippen LogP) is 3.45. The SMILES string of the molecule is COc1ccc(-c2ccc3c(N)c(C(=O)NC4CC4)sc3n2)cc1OC. The molecule has 1 aliphatic rings. The highest BCUT2D eigenvalue weighted by Gasteiger charge is 2.26. The highest BCUT2D eigenvalue weighted by molar-refractivity contribution is 7.21. The number of benzene rings is 1. The zero-order valence-electron chi connectivity index (χ0n) is 14.5. The van der Waals surface area contributed by atoms with Crippen LogP contribution in [0, 0.1) is 0 Å². The number of carbonyl (C=O) groups excluding carboxylic acids is 1. The van der Waals surface area contributed by atoms with Crippen molar-refractivity contribution in [3.05, 3.63) is 35.2 Å². The molecule has 2 heterocycles. The first-order chi connectivity index (χ1) is 12.6. The Bertz CT molecular complexity index is 995. The number of fused-ring (bicyclic) bond motifs is 1. The molecule has 0 unspecified atom stereocenters. The van der Waals surface area contributed by atoms with Crippen molar-refractivity contribution in [2.45, 2.75) is 18.9 Å². The predicted molar refractivity (Wildman–Crippen MR) is 103 cm³/mol. The number of ether oxygens (including phenoxy) is 2. The van der Waals surface area contributed by atoms with Crippen LogP contribution < -0.4 is 20.5 Å². The van der Waals surface area contributed by atoms with Gasteiger partial charge in [-0.3, -0.25) is 4.79 Å². The molecule has 134 valence electrons. The van der Waals surface area contributed by atoms with Crippen LogP contribution in [-0.4, -0.2) is 31.2 Å². The lowest BCUT2D eigenvalue weighted by Crippen LogP contribution is -2.25. The van der Waals surface area contributed by atoms with Gasteiger partial charge in [0.05, 0.1) is 25.6 Å². The molecule has 6 nitrogen and oxygen atoms in total. The van der Waals surface area contributed by atoms with Gasteiger partial charge in [0.15, 0.2) is 11.5 Å². The van der Waals surface area contributed by atoms with Crippen LogP contribution in [0.1, 0.15) is 22.5 Å². The summed E-state index contributed by atoms with van der Waals surface area (Å²) < 4.78 is 10.6. The lowest BCUT2D eigenvalue weighted by molar-refractivity contribution is 0.0956. The molecule has 0 saturated heterocycles. The molecule has 7 heteroatoms. The number of hydrogen-bond donors (Lipinski definition) is 2. The number of nitrogen functional groups attached to an aromatic ring is 1. The molecular weight excluding hydrogens is 350 g/mol. The van der Waals surface area contributed by atoms with Crippen molar-refractivity contribution >= 4 is 33.1 Å². The van der Waals surface area contributed by atoms with Gasteiger partial charge in [-0.15, -0.1) is 11.3 Å². The van der Waals surface area contributed by atoms with E-state index in [0.717, 1.165) is 34.3 Å². The van der Waals surface area contributed by atoms with Gasteiger partial charge in [0.1, 0.15) is 9.71 Å². The van der Waals surface area contributed by atoms with Crippen LogP contribution in [0.5, 0.6) is 11.5 Å². The van der Waals surface area contributed by atoms with Gasteiger partial charge in [-0.2, -0.15) is 0 Å². The van der Waals surface area contributed by atoms with Crippen molar-refractivity contribution in [3.8, 4) is 22.8 Å². The van der Waals surface area contributed by atoms with E-state index in [9.17, 15) is 4.79 Å². The van der Waals surface area contributed by atoms with Crippen molar-refractivity contribution in [2.75, 3.05) is 20.0 Å². The number of hydrogen-bond acceptors (Lipinski definition) is 6. The summed E-state index contributed by atoms with van der Waals surface area (Å²) in [5.41, 5.74) is 8.37. The molecule has 3 N–H and O–H groups in total. The number of nitrogens with one attached hydrogen (secondary N) is 1. The molecule has 26 heavy (non-hydrogen) atoms. The van der Waals surface area contributed by atoms with Crippen molar-refractivity contribution in [1.29, 1.82) is 0 Å². The third kappa shape index (κ3) is 2.94. The second-order valence-corrected chi connectivity index (χ2v) is 7.21. The Hall–Kier alpha value is -2.80. The van der Waals surface area contributed by atoms with Gasteiger partial charge in [-0.25, -0.2) is 4.98 Å². The van der Waals surface area contributed by atoms with E-state index >= 15 is 0 Å². The Balaban J connectivity index is 1.72. The number of methoxy groups -OCH3 is 2. The quantitative estimate of drug-likeness (QED) is 0.719. The maximum atomic E-state index is 12.4. The highest BCUT2D eigenvalue weighted by atomic mass is 32.1. The number of amides is 1. The van der Waals surface area contributed by atoms with Crippen molar-refractivity contribution < 1.29 is 14.3 Å². The number of pyridine rings is 1. The Morgan fingerprint density at radius 3 is 2.65 bits per heavy atom. The Kier molecular flexibility index (Phi) is 4.16. The fraction of sp³-hybridized carbons (Fsp3) is 0.263. The molecule has 1 aromatic carbocycles. The second kappa shape index (κ2) is 6.49. The van der Waals surface area contributed by atoms with Crippen LogP contribution in [0.15, 0.2) is 30.3 Å². The number of thiophene rings is 1. The Morgan fingerprint density at radius 1 is 1.19 bits per heavy atom. The van der Waals surface area contributed by atoms with Gasteiger partial charge in [0.2, 0.25) is 0 Å². The van der Waals surface area contributed by atoms with Crippen LogP contribution in [0.25, 0.3) is 21.5 Å². The minimum atomic E-state index is -0.110. The molecule has 1 aliphatic carbocycles. The summed E-state index contributed by atoms with van der Waals surface area (Å²) in [5, 5.41) is 3.78. The standard InChI is InChI=1S/C19H19N3O3S/c1-24-14-8-3-10(9-15(14)25-2)13-7-6-12-16(20)17(26-19(12)22-13)18(23)21-11-4-5-11/h3,6-9,11H,4-5,20H2,1-2H3,(H,21,23). The van der Waals surface area contributed by atoms with Gasteiger partial charge in [-0.1, -0.05) is 0 Å². The molecule has 4 rings (SSSR count). The molecule has 0 aliphatic heterocycles. The number of carbonyl (C=O) groups is 1. The third-order valence-corrected chi connectivity index (χ3v) is 5.51. The van der Waals surface area contributed by atoms with Crippen LogP contribution in [-0.2, 0) is 0 Å². The topological polar surface area (TPSA) is 86.5 Å². The van der Waals surface area contributed by atoms with Gasteiger partial charge < -0.3 is 20.5 Å². The molecular formula is C19H19N3O3S. The monoisotopic (exact) mass is 369 g/mol. The van der Waals surface area contributed by atoms with Crippen molar-refractivity contribution in [3.63, 3.8) is 0 Å². The van der Waals surface area contributed by atoms with Crippen molar-refractivity contribution in [2.24, 2.45) is 0 Å². The fourth-order valence-corrected chi connectivity index (χ4v) is 3.80. The first-order valence-corrected chi connectivity index (χ1v) is 9.14. The number of rotatable bonds is 5. The summed E-state index contributed by atoms with van der Waals surface area (Å²) in [6, 6.07) is 9.75. The van der Waals surface area contributed by atoms with E-state index in [1.165, 1.54) is 11.3 Å². The first kappa shape index (κ1) is 16.7. The average Bonchev–Trinajstić information content (AvgIpc) is 3.42. The smallest absolute Gasteiger partial charge is 0.263 e. The van der Waals surface area contributed by atoms with E-state index in [1.54, 1.807) is 14.2 Å².